The first-order chi connectivity index (χ1) is 23.6. The highest BCUT2D eigenvalue weighted by Gasteiger charge is 2.53. The topological polar surface area (TPSA) is 85.8 Å². The van der Waals surface area contributed by atoms with Crippen LogP contribution in [-0.2, 0) is 27.5 Å². The first-order valence-corrected chi connectivity index (χ1v) is 16.9. The predicted molar refractivity (Wildman–Crippen MR) is 171 cm³/mol. The van der Waals surface area contributed by atoms with Crippen LogP contribution in [0.5, 0.6) is 0 Å². The summed E-state index contributed by atoms with van der Waals surface area (Å²) >= 11 is 0. The van der Waals surface area contributed by atoms with Crippen molar-refractivity contribution in [3.63, 3.8) is 0 Å². The molecule has 2 fully saturated rings. The van der Waals surface area contributed by atoms with Crippen molar-refractivity contribution in [2.45, 2.75) is 36.0 Å². The number of carbonyl (C=O) groups excluding carboxylic acids is 1. The van der Waals surface area contributed by atoms with Gasteiger partial charge in [-0.05, 0) is 66.2 Å². The fourth-order valence-corrected chi connectivity index (χ4v) is 7.62. The van der Waals surface area contributed by atoms with Gasteiger partial charge in [-0.2, -0.15) is 17.5 Å². The Morgan fingerprint density at radius 2 is 1.52 bits per heavy atom. The quantitative estimate of drug-likeness (QED) is 0.222. The Bertz CT molecular complexity index is 1970. The van der Waals surface area contributed by atoms with Gasteiger partial charge in [0.15, 0.2) is 0 Å². The van der Waals surface area contributed by atoms with Crippen LogP contribution in [0.1, 0.15) is 17.5 Å². The predicted octanol–water partition coefficient (Wildman–Crippen LogP) is 6.09. The summed E-state index contributed by atoms with van der Waals surface area (Å²) in [5, 5.41) is 2.53. The number of nitrogens with one attached hydrogen (secondary N) is 1. The van der Waals surface area contributed by atoms with Crippen molar-refractivity contribution < 1.29 is 43.9 Å². The largest absolute Gasteiger partial charge is 0.416 e. The number of halogens is 7. The SMILES string of the molecule is O=C(NCc1cc(-c2ccc(C(F)(F)F)cc2)nc(N2CCN(c3ccccc3F)CC2)c1)[C@@H]1CC(F)(F)CN1S(=O)(=O)c1ccc(F)cc1. The summed E-state index contributed by atoms with van der Waals surface area (Å²) in [6, 6.07) is 15.6. The van der Waals surface area contributed by atoms with E-state index in [0.29, 0.717) is 53.1 Å². The molecule has 0 aliphatic carbocycles. The van der Waals surface area contributed by atoms with Gasteiger partial charge in [0.1, 0.15) is 23.5 Å². The molecular weight excluding hydrogens is 691 g/mol. The van der Waals surface area contributed by atoms with E-state index in [1.54, 1.807) is 24.3 Å². The van der Waals surface area contributed by atoms with E-state index in [9.17, 15) is 43.9 Å². The number of carbonyl (C=O) groups is 1. The maximum Gasteiger partial charge on any atom is 0.416 e. The second-order valence-corrected chi connectivity index (χ2v) is 13.9. The molecule has 0 unspecified atom stereocenters. The van der Waals surface area contributed by atoms with E-state index in [1.165, 1.54) is 24.3 Å². The summed E-state index contributed by atoms with van der Waals surface area (Å²) in [7, 11) is -4.61. The average Bonchev–Trinajstić information content (AvgIpc) is 3.43. The number of alkyl halides is 5. The number of nitrogens with zero attached hydrogens (tertiary/aromatic N) is 4. The fraction of sp³-hybridized carbons (Fsp3) is 0.294. The molecule has 0 saturated carbocycles. The van der Waals surface area contributed by atoms with E-state index in [0.717, 1.165) is 36.4 Å². The van der Waals surface area contributed by atoms with E-state index in [4.69, 9.17) is 0 Å². The zero-order chi connectivity index (χ0) is 35.8. The number of piperazine rings is 1. The van der Waals surface area contributed by atoms with Crippen molar-refractivity contribution in [2.24, 2.45) is 0 Å². The van der Waals surface area contributed by atoms with Gasteiger partial charge in [-0.15, -0.1) is 0 Å². The third kappa shape index (κ3) is 7.55. The second kappa shape index (κ2) is 13.5. The molecule has 50 heavy (non-hydrogen) atoms. The molecule has 264 valence electrons. The van der Waals surface area contributed by atoms with Crippen molar-refractivity contribution in [1.82, 2.24) is 14.6 Å². The van der Waals surface area contributed by atoms with Gasteiger partial charge in [0, 0.05) is 44.7 Å². The lowest BCUT2D eigenvalue weighted by molar-refractivity contribution is -0.137. The zero-order valence-electron chi connectivity index (χ0n) is 26.2. The van der Waals surface area contributed by atoms with Gasteiger partial charge in [0.25, 0.3) is 5.92 Å². The Kier molecular flexibility index (Phi) is 9.52. The van der Waals surface area contributed by atoms with E-state index < -0.39 is 63.3 Å². The summed E-state index contributed by atoms with van der Waals surface area (Å²) in [6.45, 7) is 0.139. The molecule has 2 saturated heterocycles. The molecule has 0 spiro atoms. The van der Waals surface area contributed by atoms with E-state index in [2.05, 4.69) is 10.3 Å². The number of amides is 1. The van der Waals surface area contributed by atoms with Crippen LogP contribution in [-0.4, -0.2) is 68.3 Å². The Labute approximate surface area is 283 Å². The van der Waals surface area contributed by atoms with Gasteiger partial charge < -0.3 is 15.1 Å². The molecule has 3 heterocycles. The first kappa shape index (κ1) is 35.1. The average molecular weight is 722 g/mol. The number of sulfonamides is 1. The highest BCUT2D eigenvalue weighted by Crippen LogP contribution is 2.37. The number of anilines is 2. The highest BCUT2D eigenvalue weighted by molar-refractivity contribution is 7.89. The van der Waals surface area contributed by atoms with Crippen LogP contribution in [0.15, 0.2) is 89.8 Å². The molecule has 3 aromatic carbocycles. The highest BCUT2D eigenvalue weighted by atomic mass is 32.2. The van der Waals surface area contributed by atoms with E-state index >= 15 is 0 Å². The number of rotatable bonds is 8. The molecule has 8 nitrogen and oxygen atoms in total. The maximum atomic E-state index is 14.6. The Balaban J connectivity index is 1.25. The van der Waals surface area contributed by atoms with Gasteiger partial charge in [-0.25, -0.2) is 31.0 Å². The van der Waals surface area contributed by atoms with Crippen LogP contribution in [0.3, 0.4) is 0 Å². The van der Waals surface area contributed by atoms with Crippen LogP contribution in [0, 0.1) is 11.6 Å². The number of hydrogen-bond acceptors (Lipinski definition) is 6. The summed E-state index contributed by atoms with van der Waals surface area (Å²) in [4.78, 5) is 21.3. The molecule has 2 aliphatic heterocycles. The Morgan fingerprint density at radius 3 is 2.16 bits per heavy atom. The number of benzene rings is 3. The summed E-state index contributed by atoms with van der Waals surface area (Å²) in [5.41, 5.74) is 0.597. The first-order valence-electron chi connectivity index (χ1n) is 15.5. The smallest absolute Gasteiger partial charge is 0.366 e. The fourth-order valence-electron chi connectivity index (χ4n) is 6.01. The van der Waals surface area contributed by atoms with Crippen LogP contribution in [0.25, 0.3) is 11.3 Å². The lowest BCUT2D eigenvalue weighted by Crippen LogP contribution is -2.47. The molecule has 16 heteroatoms. The second-order valence-electron chi connectivity index (χ2n) is 12.0. The molecule has 2 aliphatic rings. The third-order valence-electron chi connectivity index (χ3n) is 8.59. The van der Waals surface area contributed by atoms with Gasteiger partial charge in [0.2, 0.25) is 15.9 Å². The van der Waals surface area contributed by atoms with Gasteiger partial charge in [-0.3, -0.25) is 4.79 Å². The maximum absolute atomic E-state index is 14.6. The molecule has 0 bridgehead atoms. The van der Waals surface area contributed by atoms with E-state index in [-0.39, 0.29) is 18.1 Å². The van der Waals surface area contributed by atoms with Crippen LogP contribution in [0.4, 0.5) is 42.2 Å². The minimum Gasteiger partial charge on any atom is -0.366 e. The summed E-state index contributed by atoms with van der Waals surface area (Å²) in [6.07, 6.45) is -5.64. The molecule has 1 aromatic heterocycles. The normalized spacial score (nSPS) is 18.3. The van der Waals surface area contributed by atoms with Gasteiger partial charge >= 0.3 is 6.18 Å². The van der Waals surface area contributed by atoms with Crippen LogP contribution in [0.2, 0.25) is 0 Å². The van der Waals surface area contributed by atoms with Crippen molar-refractivity contribution >= 4 is 27.4 Å². The summed E-state index contributed by atoms with van der Waals surface area (Å²) < 4.78 is 124. The van der Waals surface area contributed by atoms with Crippen molar-refractivity contribution in [3.8, 4) is 11.3 Å². The Hall–Kier alpha value is -4.70. The third-order valence-corrected chi connectivity index (χ3v) is 10.5. The Morgan fingerprint density at radius 1 is 0.880 bits per heavy atom. The zero-order valence-corrected chi connectivity index (χ0v) is 27.0. The minimum atomic E-state index is -4.61. The molecule has 4 aromatic rings. The lowest BCUT2D eigenvalue weighted by Gasteiger charge is -2.37. The van der Waals surface area contributed by atoms with Gasteiger partial charge in [-0.1, -0.05) is 24.3 Å². The molecular formula is C34H30F7N5O3S. The number of para-hydroxylation sites is 1. The van der Waals surface area contributed by atoms with E-state index in [1.807, 2.05) is 9.80 Å². The lowest BCUT2D eigenvalue weighted by atomic mass is 10.1. The monoisotopic (exact) mass is 721 g/mol. The molecule has 0 radical (unpaired) electrons. The van der Waals surface area contributed by atoms with Crippen LogP contribution < -0.4 is 15.1 Å². The van der Waals surface area contributed by atoms with Gasteiger partial charge in [0.05, 0.1) is 28.4 Å². The minimum absolute atomic E-state index is 0.260. The van der Waals surface area contributed by atoms with Crippen LogP contribution >= 0.6 is 0 Å². The number of pyridine rings is 1. The van der Waals surface area contributed by atoms with Crippen molar-refractivity contribution in [1.29, 1.82) is 0 Å². The number of hydrogen-bond donors (Lipinski definition) is 1. The summed E-state index contributed by atoms with van der Waals surface area (Å²) in [5.74, 6) is -5.21. The molecule has 6 rings (SSSR count). The standard InChI is InChI=1S/C34H30F7N5O3S/c35-25-9-11-26(12-10-25)50(48,49)46-21-33(37,38)19-30(46)32(47)42-20-22-17-28(23-5-7-24(8-6-23)34(39,40)41)43-31(18-22)45-15-13-44(14-16-45)29-4-2-1-3-27(29)36/h1-12,17-18,30H,13-16,19-21H2,(H,42,47)/t30-/m0/s1. The molecule has 1 amide bonds. The number of aromatic nitrogens is 1. The molecule has 1 N–H and O–H groups in total. The molecule has 1 atom stereocenters. The van der Waals surface area contributed by atoms with Crippen molar-refractivity contribution in [2.75, 3.05) is 42.5 Å². The van der Waals surface area contributed by atoms with Crippen molar-refractivity contribution in [3.05, 3.63) is 108 Å².